The lowest BCUT2D eigenvalue weighted by atomic mass is 9.98. The van der Waals surface area contributed by atoms with Crippen molar-refractivity contribution in [1.82, 2.24) is 0 Å². The molecule has 4 rings (SSSR count). The summed E-state index contributed by atoms with van der Waals surface area (Å²) in [5.74, 6) is 1.36. The van der Waals surface area contributed by atoms with Gasteiger partial charge in [0, 0.05) is 24.0 Å². The topological polar surface area (TPSA) is 50.8 Å². The molecule has 1 atom stereocenters. The summed E-state index contributed by atoms with van der Waals surface area (Å²) in [6.45, 7) is 5.19. The Morgan fingerprint density at radius 1 is 1.16 bits per heavy atom. The van der Waals surface area contributed by atoms with Crippen LogP contribution >= 0.6 is 0 Å². The van der Waals surface area contributed by atoms with E-state index in [0.29, 0.717) is 11.5 Å². The van der Waals surface area contributed by atoms with Gasteiger partial charge < -0.3 is 19.7 Å². The minimum Gasteiger partial charge on any atom is -0.454 e. The van der Waals surface area contributed by atoms with Crippen molar-refractivity contribution in [2.24, 2.45) is 0 Å². The number of carbonyl (C=O) groups is 1. The first kappa shape index (κ1) is 15.8. The van der Waals surface area contributed by atoms with Crippen LogP contribution in [-0.4, -0.2) is 25.3 Å². The number of amides is 1. The van der Waals surface area contributed by atoms with E-state index in [2.05, 4.69) is 35.3 Å². The van der Waals surface area contributed by atoms with Crippen LogP contribution in [0.15, 0.2) is 36.4 Å². The van der Waals surface area contributed by atoms with Gasteiger partial charge in [0.2, 0.25) is 12.7 Å². The molecule has 1 N–H and O–H groups in total. The number of rotatable bonds is 3. The van der Waals surface area contributed by atoms with Gasteiger partial charge >= 0.3 is 0 Å². The van der Waals surface area contributed by atoms with Gasteiger partial charge in [-0.25, -0.2) is 0 Å². The smallest absolute Gasteiger partial charge is 0.246 e. The molecule has 5 nitrogen and oxygen atoms in total. The number of hydrogen-bond acceptors (Lipinski definition) is 4. The monoisotopic (exact) mass is 338 g/mol. The van der Waals surface area contributed by atoms with E-state index >= 15 is 0 Å². The van der Waals surface area contributed by atoms with Crippen LogP contribution < -0.4 is 19.7 Å². The van der Waals surface area contributed by atoms with E-state index in [0.717, 1.165) is 25.1 Å². The molecule has 0 aromatic heterocycles. The molecule has 130 valence electrons. The maximum atomic E-state index is 12.8. The van der Waals surface area contributed by atoms with Crippen molar-refractivity contribution in [3.05, 3.63) is 47.5 Å². The minimum atomic E-state index is -0.243. The number of fused-ring (bicyclic) bond motifs is 2. The first-order valence-corrected chi connectivity index (χ1v) is 8.68. The zero-order valence-electron chi connectivity index (χ0n) is 14.5. The lowest BCUT2D eigenvalue weighted by Crippen LogP contribution is -2.44. The van der Waals surface area contributed by atoms with Gasteiger partial charge in [0.25, 0.3) is 0 Å². The zero-order valence-corrected chi connectivity index (χ0v) is 14.5. The maximum Gasteiger partial charge on any atom is 0.246 e. The molecule has 1 amide bonds. The number of nitrogens with one attached hydrogen (secondary N) is 1. The molecular formula is C20H22N2O3. The Hall–Kier alpha value is -2.69. The molecule has 5 heteroatoms. The van der Waals surface area contributed by atoms with Crippen LogP contribution in [0, 0.1) is 6.92 Å². The SMILES string of the molecule is Cc1ccc2c(c1)CCCN2[C@H](C)C(=O)Nc1ccc2c(c1)OCO2. The fraction of sp³-hybridized carbons (Fsp3) is 0.350. The summed E-state index contributed by atoms with van der Waals surface area (Å²) in [4.78, 5) is 15.0. The Morgan fingerprint density at radius 3 is 2.88 bits per heavy atom. The van der Waals surface area contributed by atoms with Crippen molar-refractivity contribution < 1.29 is 14.3 Å². The highest BCUT2D eigenvalue weighted by atomic mass is 16.7. The Balaban J connectivity index is 1.51. The van der Waals surface area contributed by atoms with Gasteiger partial charge in [-0.1, -0.05) is 17.7 Å². The third kappa shape index (κ3) is 3.02. The van der Waals surface area contributed by atoms with E-state index in [4.69, 9.17) is 9.47 Å². The van der Waals surface area contributed by atoms with E-state index in [1.165, 1.54) is 16.8 Å². The Bertz CT molecular complexity index is 819. The molecule has 0 bridgehead atoms. The summed E-state index contributed by atoms with van der Waals surface area (Å²) in [7, 11) is 0. The largest absolute Gasteiger partial charge is 0.454 e. The van der Waals surface area contributed by atoms with Crippen LogP contribution in [0.3, 0.4) is 0 Å². The fourth-order valence-electron chi connectivity index (χ4n) is 3.52. The third-order valence-corrected chi connectivity index (χ3v) is 4.88. The van der Waals surface area contributed by atoms with Gasteiger partial charge in [-0.05, 0) is 50.5 Å². The van der Waals surface area contributed by atoms with Gasteiger partial charge in [-0.15, -0.1) is 0 Å². The number of nitrogens with zero attached hydrogens (tertiary/aromatic N) is 1. The molecule has 0 radical (unpaired) electrons. The number of aryl methyl sites for hydroxylation is 2. The van der Waals surface area contributed by atoms with Crippen molar-refractivity contribution in [3.8, 4) is 11.5 Å². The molecule has 0 saturated heterocycles. The molecule has 0 aliphatic carbocycles. The molecule has 2 aromatic rings. The predicted molar refractivity (Wildman–Crippen MR) is 97.5 cm³/mol. The highest BCUT2D eigenvalue weighted by Crippen LogP contribution is 2.34. The van der Waals surface area contributed by atoms with Crippen LogP contribution in [0.25, 0.3) is 0 Å². The molecule has 2 aromatic carbocycles. The second kappa shape index (κ2) is 6.31. The highest BCUT2D eigenvalue weighted by Gasteiger charge is 2.26. The van der Waals surface area contributed by atoms with E-state index in [1.54, 1.807) is 6.07 Å². The van der Waals surface area contributed by atoms with Crippen molar-refractivity contribution in [3.63, 3.8) is 0 Å². The molecule has 0 fully saturated rings. The van der Waals surface area contributed by atoms with Gasteiger partial charge in [-0.2, -0.15) is 0 Å². The van der Waals surface area contributed by atoms with Crippen LogP contribution in [0.1, 0.15) is 24.5 Å². The van der Waals surface area contributed by atoms with Crippen LogP contribution in [0.4, 0.5) is 11.4 Å². The Labute approximate surface area is 147 Å². The lowest BCUT2D eigenvalue weighted by molar-refractivity contribution is -0.117. The quantitative estimate of drug-likeness (QED) is 0.930. The number of ether oxygens (including phenoxy) is 2. The second-order valence-electron chi connectivity index (χ2n) is 6.66. The Morgan fingerprint density at radius 2 is 2.00 bits per heavy atom. The van der Waals surface area contributed by atoms with Crippen molar-refractivity contribution in [1.29, 1.82) is 0 Å². The van der Waals surface area contributed by atoms with Gasteiger partial charge in [0.1, 0.15) is 6.04 Å². The average Bonchev–Trinajstić information content (AvgIpc) is 3.08. The molecule has 2 aliphatic rings. The summed E-state index contributed by atoms with van der Waals surface area (Å²) < 4.78 is 10.7. The number of hydrogen-bond donors (Lipinski definition) is 1. The molecular weight excluding hydrogens is 316 g/mol. The molecule has 2 aliphatic heterocycles. The zero-order chi connectivity index (χ0) is 17.4. The van der Waals surface area contributed by atoms with Crippen molar-refractivity contribution >= 4 is 17.3 Å². The standard InChI is InChI=1S/C20H22N2O3/c1-13-5-7-17-15(10-13)4-3-9-22(17)14(2)20(23)21-16-6-8-18-19(11-16)25-12-24-18/h5-8,10-11,14H,3-4,9,12H2,1-2H3,(H,21,23)/t14-/m1/s1. The summed E-state index contributed by atoms with van der Waals surface area (Å²) in [5, 5.41) is 2.99. The fourth-order valence-corrected chi connectivity index (χ4v) is 3.52. The van der Waals surface area contributed by atoms with Crippen LogP contribution in [0.5, 0.6) is 11.5 Å². The van der Waals surface area contributed by atoms with E-state index in [1.807, 2.05) is 19.1 Å². The normalized spacial score (nSPS) is 16.3. The average molecular weight is 338 g/mol. The van der Waals surface area contributed by atoms with E-state index in [-0.39, 0.29) is 18.7 Å². The van der Waals surface area contributed by atoms with Gasteiger partial charge in [0.15, 0.2) is 11.5 Å². The van der Waals surface area contributed by atoms with E-state index < -0.39 is 0 Å². The van der Waals surface area contributed by atoms with Gasteiger partial charge in [-0.3, -0.25) is 4.79 Å². The van der Waals surface area contributed by atoms with Crippen molar-refractivity contribution in [2.45, 2.75) is 32.7 Å². The van der Waals surface area contributed by atoms with Crippen LogP contribution in [-0.2, 0) is 11.2 Å². The number of carbonyl (C=O) groups excluding carboxylic acids is 1. The first-order valence-electron chi connectivity index (χ1n) is 8.68. The summed E-state index contributed by atoms with van der Waals surface area (Å²) in [6, 6.07) is 11.7. The summed E-state index contributed by atoms with van der Waals surface area (Å²) in [5.41, 5.74) is 4.49. The van der Waals surface area contributed by atoms with Gasteiger partial charge in [0.05, 0.1) is 0 Å². The van der Waals surface area contributed by atoms with Crippen molar-refractivity contribution in [2.75, 3.05) is 23.6 Å². The molecule has 0 saturated carbocycles. The maximum absolute atomic E-state index is 12.8. The lowest BCUT2D eigenvalue weighted by Gasteiger charge is -2.35. The summed E-state index contributed by atoms with van der Waals surface area (Å²) in [6.07, 6.45) is 2.14. The molecule has 25 heavy (non-hydrogen) atoms. The molecule has 0 unspecified atom stereocenters. The highest BCUT2D eigenvalue weighted by molar-refractivity contribution is 5.97. The third-order valence-electron chi connectivity index (χ3n) is 4.88. The van der Waals surface area contributed by atoms with Crippen LogP contribution in [0.2, 0.25) is 0 Å². The molecule has 0 spiro atoms. The molecule has 2 heterocycles. The first-order chi connectivity index (χ1) is 12.1. The van der Waals surface area contributed by atoms with E-state index in [9.17, 15) is 4.79 Å². The minimum absolute atomic E-state index is 0.0210. The predicted octanol–water partition coefficient (Wildman–Crippen LogP) is 3.50. The Kier molecular flexibility index (Phi) is 3.99. The summed E-state index contributed by atoms with van der Waals surface area (Å²) >= 11 is 0. The number of benzene rings is 2. The second-order valence-corrected chi connectivity index (χ2v) is 6.66. The number of anilines is 2.